The topological polar surface area (TPSA) is 24.9 Å². The summed E-state index contributed by atoms with van der Waals surface area (Å²) in [5, 5.41) is 3.47. The first-order valence-electron chi connectivity index (χ1n) is 7.09. The van der Waals surface area contributed by atoms with Crippen molar-refractivity contribution < 1.29 is 4.39 Å². The van der Waals surface area contributed by atoms with Crippen LogP contribution < -0.4 is 5.32 Å². The monoisotopic (exact) mass is 250 g/mol. The molecule has 0 aromatic carbocycles. The molecule has 0 spiro atoms. The van der Waals surface area contributed by atoms with Crippen LogP contribution in [0, 0.1) is 11.7 Å². The van der Waals surface area contributed by atoms with E-state index < -0.39 is 0 Å². The van der Waals surface area contributed by atoms with Crippen molar-refractivity contribution in [2.24, 2.45) is 5.92 Å². The molecule has 0 radical (unpaired) electrons. The van der Waals surface area contributed by atoms with Crippen LogP contribution in [0.3, 0.4) is 0 Å². The second kappa shape index (κ2) is 6.83. The first kappa shape index (κ1) is 13.5. The fraction of sp³-hybridized carbons (Fsp3) is 0.667. The van der Waals surface area contributed by atoms with Gasteiger partial charge in [0.05, 0.1) is 6.20 Å². The van der Waals surface area contributed by atoms with Crippen molar-refractivity contribution in [2.45, 2.75) is 51.5 Å². The van der Waals surface area contributed by atoms with Crippen molar-refractivity contribution in [3.63, 3.8) is 0 Å². The standard InChI is InChI=1S/C15H23FN2/c1-12(14-9-15(16)11-17-10-14)18-8-7-13-5-3-2-4-6-13/h9-13,18H,2-8H2,1H3. The van der Waals surface area contributed by atoms with Crippen LogP contribution in [0.15, 0.2) is 18.5 Å². The summed E-state index contributed by atoms with van der Waals surface area (Å²) < 4.78 is 13.1. The first-order valence-corrected chi connectivity index (χ1v) is 7.09. The van der Waals surface area contributed by atoms with Gasteiger partial charge in [0.1, 0.15) is 5.82 Å². The Morgan fingerprint density at radius 2 is 2.11 bits per heavy atom. The molecule has 1 aliphatic rings. The van der Waals surface area contributed by atoms with E-state index in [0.29, 0.717) is 0 Å². The van der Waals surface area contributed by atoms with Gasteiger partial charge in [-0.1, -0.05) is 32.1 Å². The molecule has 1 aromatic rings. The van der Waals surface area contributed by atoms with Gasteiger partial charge in [-0.2, -0.15) is 0 Å². The van der Waals surface area contributed by atoms with Gasteiger partial charge in [0.25, 0.3) is 0 Å². The van der Waals surface area contributed by atoms with Gasteiger partial charge in [-0.15, -0.1) is 0 Å². The Labute approximate surface area is 109 Å². The van der Waals surface area contributed by atoms with E-state index in [1.807, 2.05) is 0 Å². The van der Waals surface area contributed by atoms with Crippen molar-refractivity contribution >= 4 is 0 Å². The van der Waals surface area contributed by atoms with Gasteiger partial charge < -0.3 is 5.32 Å². The van der Waals surface area contributed by atoms with Crippen molar-refractivity contribution in [1.82, 2.24) is 10.3 Å². The highest BCUT2D eigenvalue weighted by Gasteiger charge is 2.13. The maximum atomic E-state index is 13.1. The summed E-state index contributed by atoms with van der Waals surface area (Å²) in [7, 11) is 0. The molecular weight excluding hydrogens is 227 g/mol. The van der Waals surface area contributed by atoms with E-state index in [-0.39, 0.29) is 11.9 Å². The van der Waals surface area contributed by atoms with E-state index in [9.17, 15) is 4.39 Å². The summed E-state index contributed by atoms with van der Waals surface area (Å²) in [6, 6.07) is 1.74. The predicted octanol–water partition coefficient (Wildman–Crippen LogP) is 3.84. The zero-order chi connectivity index (χ0) is 12.8. The molecule has 1 fully saturated rings. The summed E-state index contributed by atoms with van der Waals surface area (Å²) >= 11 is 0. The van der Waals surface area contributed by atoms with Gasteiger partial charge in [0, 0.05) is 12.2 Å². The molecule has 100 valence electrons. The van der Waals surface area contributed by atoms with Gasteiger partial charge in [-0.25, -0.2) is 4.39 Å². The van der Waals surface area contributed by atoms with Crippen molar-refractivity contribution in [2.75, 3.05) is 6.54 Å². The highest BCUT2D eigenvalue weighted by atomic mass is 19.1. The Bertz CT molecular complexity index is 361. The highest BCUT2D eigenvalue weighted by molar-refractivity contribution is 5.14. The van der Waals surface area contributed by atoms with Crippen LogP contribution in [0.25, 0.3) is 0 Å². The lowest BCUT2D eigenvalue weighted by Gasteiger charge is -2.22. The van der Waals surface area contributed by atoms with Crippen LogP contribution in [-0.4, -0.2) is 11.5 Å². The fourth-order valence-electron chi connectivity index (χ4n) is 2.76. The molecule has 18 heavy (non-hydrogen) atoms. The normalized spacial score (nSPS) is 18.8. The molecule has 1 heterocycles. The van der Waals surface area contributed by atoms with Gasteiger partial charge in [0.2, 0.25) is 0 Å². The summed E-state index contributed by atoms with van der Waals surface area (Å²) in [5.74, 6) is 0.637. The first-order chi connectivity index (χ1) is 8.75. The Hall–Kier alpha value is -0.960. The second-order valence-electron chi connectivity index (χ2n) is 5.41. The van der Waals surface area contributed by atoms with Crippen LogP contribution in [-0.2, 0) is 0 Å². The van der Waals surface area contributed by atoms with E-state index in [2.05, 4.69) is 17.2 Å². The molecule has 1 aromatic heterocycles. The van der Waals surface area contributed by atoms with Crippen LogP contribution >= 0.6 is 0 Å². The molecule has 0 bridgehead atoms. The smallest absolute Gasteiger partial charge is 0.141 e. The van der Waals surface area contributed by atoms with E-state index in [4.69, 9.17) is 0 Å². The molecular formula is C15H23FN2. The zero-order valence-corrected chi connectivity index (χ0v) is 11.2. The number of hydrogen-bond donors (Lipinski definition) is 1. The van der Waals surface area contributed by atoms with Crippen LogP contribution in [0.5, 0.6) is 0 Å². The lowest BCUT2D eigenvalue weighted by atomic mass is 9.87. The Balaban J connectivity index is 1.72. The number of rotatable bonds is 5. The maximum Gasteiger partial charge on any atom is 0.141 e. The van der Waals surface area contributed by atoms with Crippen LogP contribution in [0.2, 0.25) is 0 Å². The second-order valence-corrected chi connectivity index (χ2v) is 5.41. The number of aromatic nitrogens is 1. The third-order valence-electron chi connectivity index (χ3n) is 3.95. The lowest BCUT2D eigenvalue weighted by Crippen LogP contribution is -2.22. The molecule has 1 aliphatic carbocycles. The molecule has 1 unspecified atom stereocenters. The highest BCUT2D eigenvalue weighted by Crippen LogP contribution is 2.26. The Kier molecular flexibility index (Phi) is 5.12. The van der Waals surface area contributed by atoms with Crippen LogP contribution in [0.1, 0.15) is 57.1 Å². The Morgan fingerprint density at radius 1 is 1.33 bits per heavy atom. The largest absolute Gasteiger partial charge is 0.310 e. The van der Waals surface area contributed by atoms with Gasteiger partial charge in [-0.3, -0.25) is 4.98 Å². The molecule has 2 nitrogen and oxygen atoms in total. The summed E-state index contributed by atoms with van der Waals surface area (Å²) in [4.78, 5) is 3.89. The lowest BCUT2D eigenvalue weighted by molar-refractivity contribution is 0.329. The predicted molar refractivity (Wildman–Crippen MR) is 71.8 cm³/mol. The quantitative estimate of drug-likeness (QED) is 0.858. The number of nitrogens with one attached hydrogen (secondary N) is 1. The van der Waals surface area contributed by atoms with Crippen LogP contribution in [0.4, 0.5) is 4.39 Å². The van der Waals surface area contributed by atoms with Gasteiger partial charge >= 0.3 is 0 Å². The average Bonchev–Trinajstić information content (AvgIpc) is 2.40. The van der Waals surface area contributed by atoms with E-state index >= 15 is 0 Å². The molecule has 1 saturated carbocycles. The summed E-state index contributed by atoms with van der Waals surface area (Å²) in [5.41, 5.74) is 0.929. The minimum Gasteiger partial charge on any atom is -0.310 e. The van der Waals surface area contributed by atoms with Gasteiger partial charge in [-0.05, 0) is 37.4 Å². The van der Waals surface area contributed by atoms with E-state index in [1.165, 1.54) is 44.7 Å². The molecule has 0 amide bonds. The molecule has 0 saturated heterocycles. The number of nitrogens with zero attached hydrogens (tertiary/aromatic N) is 1. The van der Waals surface area contributed by atoms with Crippen molar-refractivity contribution in [3.8, 4) is 0 Å². The SMILES string of the molecule is CC(NCCC1CCCCC1)c1cncc(F)c1. The number of hydrogen-bond acceptors (Lipinski definition) is 2. The third-order valence-corrected chi connectivity index (χ3v) is 3.95. The fourth-order valence-corrected chi connectivity index (χ4v) is 2.76. The maximum absolute atomic E-state index is 13.1. The van der Waals surface area contributed by atoms with Crippen molar-refractivity contribution in [3.05, 3.63) is 29.8 Å². The number of pyridine rings is 1. The van der Waals surface area contributed by atoms with E-state index in [0.717, 1.165) is 18.0 Å². The summed E-state index contributed by atoms with van der Waals surface area (Å²) in [6.07, 6.45) is 11.2. The Morgan fingerprint density at radius 3 is 2.83 bits per heavy atom. The number of halogens is 1. The minimum absolute atomic E-state index is 0.178. The molecule has 0 aliphatic heterocycles. The molecule has 2 rings (SSSR count). The summed E-state index contributed by atoms with van der Waals surface area (Å²) in [6.45, 7) is 3.08. The minimum atomic E-state index is -0.256. The third kappa shape index (κ3) is 4.05. The zero-order valence-electron chi connectivity index (χ0n) is 11.2. The van der Waals surface area contributed by atoms with E-state index in [1.54, 1.807) is 12.3 Å². The molecule has 1 N–H and O–H groups in total. The molecule has 3 heteroatoms. The van der Waals surface area contributed by atoms with Crippen molar-refractivity contribution in [1.29, 1.82) is 0 Å². The average molecular weight is 250 g/mol. The van der Waals surface area contributed by atoms with Gasteiger partial charge in [0.15, 0.2) is 0 Å². The molecule has 1 atom stereocenters.